The van der Waals surface area contributed by atoms with Crippen LogP contribution in [0.4, 0.5) is 0 Å². The number of fused-ring (bicyclic) bond motifs is 2. The molecule has 1 aliphatic rings. The van der Waals surface area contributed by atoms with Crippen molar-refractivity contribution in [3.63, 3.8) is 0 Å². The van der Waals surface area contributed by atoms with Gasteiger partial charge < -0.3 is 33.7 Å². The number of nitrogens with zero attached hydrogens (tertiary/aromatic N) is 1. The predicted octanol–water partition coefficient (Wildman–Crippen LogP) is 4.07. The number of aliphatic hydroxyl groups is 1. The number of hydrogen-bond donors (Lipinski definition) is 3. The summed E-state index contributed by atoms with van der Waals surface area (Å²) in [6, 6.07) is 18.2. The van der Waals surface area contributed by atoms with E-state index in [-0.39, 0.29) is 6.54 Å². The number of methoxy groups -OCH3 is 2. The number of aromatic nitrogens is 1. The van der Waals surface area contributed by atoms with Crippen LogP contribution in [-0.2, 0) is 17.9 Å². The number of carboxylic acids is 1. The van der Waals surface area contributed by atoms with Gasteiger partial charge in [-0.3, -0.25) is 10.1 Å². The number of rotatable bonds is 10. The third-order valence-electron chi connectivity index (χ3n) is 7.13. The maximum absolute atomic E-state index is 11.6. The minimum absolute atomic E-state index is 0.140. The van der Waals surface area contributed by atoms with Crippen LogP contribution in [0.1, 0.15) is 18.1 Å². The second kappa shape index (κ2) is 10.9. The molecule has 0 spiro atoms. The van der Waals surface area contributed by atoms with E-state index >= 15 is 0 Å². The molecule has 1 aromatic heterocycles. The van der Waals surface area contributed by atoms with Crippen LogP contribution in [0.3, 0.4) is 0 Å². The molecule has 1 aliphatic heterocycles. The fourth-order valence-electron chi connectivity index (χ4n) is 4.81. The number of hydrogen-bond acceptors (Lipinski definition) is 7. The number of carbonyl (C=O) groups is 1. The van der Waals surface area contributed by atoms with Gasteiger partial charge >= 0.3 is 5.97 Å². The van der Waals surface area contributed by atoms with Crippen molar-refractivity contribution in [2.45, 2.75) is 25.6 Å². The summed E-state index contributed by atoms with van der Waals surface area (Å²) >= 11 is 0. The van der Waals surface area contributed by atoms with Gasteiger partial charge in [0, 0.05) is 35.8 Å². The summed E-state index contributed by atoms with van der Waals surface area (Å²) in [5.41, 5.74) is 3.37. The van der Waals surface area contributed by atoms with E-state index in [0.29, 0.717) is 36.8 Å². The van der Waals surface area contributed by atoms with Gasteiger partial charge in [0.05, 0.1) is 20.8 Å². The zero-order valence-corrected chi connectivity index (χ0v) is 22.2. The van der Waals surface area contributed by atoms with E-state index in [9.17, 15) is 15.0 Å². The zero-order valence-electron chi connectivity index (χ0n) is 22.2. The molecule has 204 valence electrons. The maximum atomic E-state index is 11.6. The Labute approximate surface area is 226 Å². The molecule has 39 heavy (non-hydrogen) atoms. The van der Waals surface area contributed by atoms with Crippen molar-refractivity contribution in [2.24, 2.45) is 0 Å². The Hall–Kier alpha value is -4.21. The van der Waals surface area contributed by atoms with E-state index in [2.05, 4.69) is 34.3 Å². The molecule has 1 atom stereocenters. The molecule has 0 radical (unpaired) electrons. The van der Waals surface area contributed by atoms with Crippen LogP contribution in [0.15, 0.2) is 60.8 Å². The Morgan fingerprint density at radius 1 is 1.03 bits per heavy atom. The number of aliphatic hydroxyl groups excluding tert-OH is 1. The highest BCUT2D eigenvalue weighted by atomic mass is 16.6. The smallest absolute Gasteiger partial charge is 0.326 e. The van der Waals surface area contributed by atoms with Crippen molar-refractivity contribution in [1.29, 1.82) is 0 Å². The normalized spacial score (nSPS) is 14.2. The molecule has 0 amide bonds. The van der Waals surface area contributed by atoms with E-state index in [0.717, 1.165) is 39.1 Å². The Morgan fingerprint density at radius 3 is 2.41 bits per heavy atom. The standard InChI is InChI=1S/C30H32N2O7/c1-30(18-33,29(34)35)31-16-23-26(36-2)13-19(14-27(23)37-3)17-32-10-9-22-21(5-4-6-24(22)32)20-7-8-25-28(15-20)39-12-11-38-25/h4-10,13-15,31,33H,11-12,16-18H2,1-3H3,(H,34,35). The molecule has 1 unspecified atom stereocenters. The predicted molar refractivity (Wildman–Crippen MR) is 147 cm³/mol. The minimum Gasteiger partial charge on any atom is -0.496 e. The first-order valence-corrected chi connectivity index (χ1v) is 12.7. The van der Waals surface area contributed by atoms with Crippen LogP contribution in [-0.4, -0.2) is 60.3 Å². The number of aliphatic carboxylic acids is 1. The van der Waals surface area contributed by atoms with Crippen LogP contribution in [0, 0.1) is 0 Å². The largest absolute Gasteiger partial charge is 0.496 e. The molecular weight excluding hydrogens is 500 g/mol. The average Bonchev–Trinajstić information content (AvgIpc) is 3.38. The van der Waals surface area contributed by atoms with Gasteiger partial charge in [-0.2, -0.15) is 0 Å². The highest BCUT2D eigenvalue weighted by Gasteiger charge is 2.32. The number of ether oxygens (including phenoxy) is 4. The number of carboxylic acid groups (broad SMARTS) is 1. The molecule has 9 heteroatoms. The summed E-state index contributed by atoms with van der Waals surface area (Å²) in [5, 5.41) is 23.1. The lowest BCUT2D eigenvalue weighted by molar-refractivity contribution is -0.145. The quantitative estimate of drug-likeness (QED) is 0.280. The molecule has 0 bridgehead atoms. The van der Waals surface area contributed by atoms with E-state index < -0.39 is 18.1 Å². The van der Waals surface area contributed by atoms with Crippen molar-refractivity contribution < 1.29 is 34.0 Å². The van der Waals surface area contributed by atoms with Gasteiger partial charge in [-0.05, 0) is 60.0 Å². The molecule has 9 nitrogen and oxygen atoms in total. The first-order valence-electron chi connectivity index (χ1n) is 12.7. The van der Waals surface area contributed by atoms with Crippen LogP contribution in [0.25, 0.3) is 22.0 Å². The Kier molecular flexibility index (Phi) is 7.36. The highest BCUT2D eigenvalue weighted by molar-refractivity contribution is 5.96. The van der Waals surface area contributed by atoms with Crippen molar-refractivity contribution >= 4 is 16.9 Å². The lowest BCUT2D eigenvalue weighted by Gasteiger charge is -2.25. The van der Waals surface area contributed by atoms with Crippen LogP contribution in [0.2, 0.25) is 0 Å². The summed E-state index contributed by atoms with van der Waals surface area (Å²) in [4.78, 5) is 11.6. The second-order valence-electron chi connectivity index (χ2n) is 9.67. The summed E-state index contributed by atoms with van der Waals surface area (Å²) in [5.74, 6) is 1.51. The van der Waals surface area contributed by atoms with Crippen LogP contribution < -0.4 is 24.3 Å². The average molecular weight is 533 g/mol. The van der Waals surface area contributed by atoms with Gasteiger partial charge in [-0.25, -0.2) is 0 Å². The molecule has 0 saturated heterocycles. The van der Waals surface area contributed by atoms with E-state index in [1.807, 2.05) is 36.4 Å². The number of nitrogens with one attached hydrogen (secondary N) is 1. The molecule has 2 heterocycles. The fourth-order valence-corrected chi connectivity index (χ4v) is 4.81. The van der Waals surface area contributed by atoms with Gasteiger partial charge in [0.15, 0.2) is 11.5 Å². The highest BCUT2D eigenvalue weighted by Crippen LogP contribution is 2.38. The summed E-state index contributed by atoms with van der Waals surface area (Å²) < 4.78 is 24.9. The third kappa shape index (κ3) is 5.10. The molecule has 3 aromatic carbocycles. The van der Waals surface area contributed by atoms with Gasteiger partial charge in [-0.1, -0.05) is 18.2 Å². The van der Waals surface area contributed by atoms with E-state index in [4.69, 9.17) is 18.9 Å². The lowest BCUT2D eigenvalue weighted by Crippen LogP contribution is -2.52. The van der Waals surface area contributed by atoms with Gasteiger partial charge in [0.1, 0.15) is 30.3 Å². The molecule has 5 rings (SSSR count). The van der Waals surface area contributed by atoms with Gasteiger partial charge in [0.25, 0.3) is 0 Å². The van der Waals surface area contributed by atoms with Gasteiger partial charge in [-0.15, -0.1) is 0 Å². The maximum Gasteiger partial charge on any atom is 0.326 e. The van der Waals surface area contributed by atoms with Crippen molar-refractivity contribution in [1.82, 2.24) is 9.88 Å². The Balaban J connectivity index is 1.45. The molecule has 0 saturated carbocycles. The first kappa shape index (κ1) is 26.4. The lowest BCUT2D eigenvalue weighted by atomic mass is 10.0. The van der Waals surface area contributed by atoms with Crippen molar-refractivity contribution in [2.75, 3.05) is 34.0 Å². The molecule has 0 fully saturated rings. The monoisotopic (exact) mass is 532 g/mol. The zero-order chi connectivity index (χ0) is 27.6. The molecule has 3 N–H and O–H groups in total. The summed E-state index contributed by atoms with van der Waals surface area (Å²) in [6.45, 7) is 2.68. The van der Waals surface area contributed by atoms with Crippen LogP contribution >= 0.6 is 0 Å². The van der Waals surface area contributed by atoms with Crippen LogP contribution in [0.5, 0.6) is 23.0 Å². The van der Waals surface area contributed by atoms with E-state index in [1.165, 1.54) is 6.92 Å². The molecule has 0 aliphatic carbocycles. The number of benzene rings is 3. The minimum atomic E-state index is -1.49. The molecule has 4 aromatic rings. The summed E-state index contributed by atoms with van der Waals surface area (Å²) in [6.07, 6.45) is 2.06. The Morgan fingerprint density at radius 2 is 1.74 bits per heavy atom. The first-order chi connectivity index (χ1) is 18.9. The third-order valence-corrected chi connectivity index (χ3v) is 7.13. The SMILES string of the molecule is COc1cc(Cn2ccc3c(-c4ccc5c(c4)OCCO5)cccc32)cc(OC)c1CNC(C)(CO)C(=O)O. The van der Waals surface area contributed by atoms with E-state index in [1.54, 1.807) is 14.2 Å². The fraction of sp³-hybridized carbons (Fsp3) is 0.300. The molecular formula is C30H32N2O7. The van der Waals surface area contributed by atoms with Crippen molar-refractivity contribution in [3.8, 4) is 34.1 Å². The van der Waals surface area contributed by atoms with Gasteiger partial charge in [0.2, 0.25) is 0 Å². The summed E-state index contributed by atoms with van der Waals surface area (Å²) in [7, 11) is 3.13. The van der Waals surface area contributed by atoms with Crippen molar-refractivity contribution in [3.05, 3.63) is 71.9 Å². The topological polar surface area (TPSA) is 111 Å². The Bertz CT molecular complexity index is 1490. The second-order valence-corrected chi connectivity index (χ2v) is 9.67.